The minimum absolute atomic E-state index is 0.123. The van der Waals surface area contributed by atoms with Crippen LogP contribution in [0.3, 0.4) is 0 Å². The van der Waals surface area contributed by atoms with E-state index in [0.717, 1.165) is 5.56 Å². The smallest absolute Gasteiger partial charge is 0.251 e. The molecule has 1 N–H and O–H groups in total. The molecule has 0 radical (unpaired) electrons. The number of halogens is 1. The number of amides is 2. The van der Waals surface area contributed by atoms with Crippen molar-refractivity contribution in [1.29, 1.82) is 0 Å². The Morgan fingerprint density at radius 2 is 1.96 bits per heavy atom. The lowest BCUT2D eigenvalue weighted by Gasteiger charge is -2.18. The number of carbonyl (C=O) groups is 2. The van der Waals surface area contributed by atoms with Crippen LogP contribution in [0.4, 0.5) is 4.39 Å². The van der Waals surface area contributed by atoms with Crippen molar-refractivity contribution in [3.8, 4) is 5.75 Å². The van der Waals surface area contributed by atoms with Gasteiger partial charge in [0.25, 0.3) is 5.91 Å². The Kier molecular flexibility index (Phi) is 6.11. The van der Waals surface area contributed by atoms with Gasteiger partial charge in [0, 0.05) is 19.2 Å². The normalized spacial score (nSPS) is 10.2. The molecule has 0 aliphatic rings. The zero-order valence-electron chi connectivity index (χ0n) is 14.5. The molecule has 0 aliphatic heterocycles. The number of rotatable bonds is 6. The molecule has 2 rings (SSSR count). The van der Waals surface area contributed by atoms with Crippen LogP contribution in [0, 0.1) is 12.7 Å². The summed E-state index contributed by atoms with van der Waals surface area (Å²) in [5.41, 5.74) is 2.12. The van der Waals surface area contributed by atoms with Gasteiger partial charge in [0.2, 0.25) is 5.91 Å². The summed E-state index contributed by atoms with van der Waals surface area (Å²) in [6, 6.07) is 11.7. The molecule has 0 spiro atoms. The minimum atomic E-state index is -0.478. The van der Waals surface area contributed by atoms with E-state index < -0.39 is 5.82 Å². The van der Waals surface area contributed by atoms with Crippen LogP contribution < -0.4 is 10.1 Å². The molecule has 0 aromatic heterocycles. The van der Waals surface area contributed by atoms with Crippen LogP contribution in [0.15, 0.2) is 42.5 Å². The van der Waals surface area contributed by atoms with E-state index in [9.17, 15) is 14.0 Å². The van der Waals surface area contributed by atoms with Crippen molar-refractivity contribution < 1.29 is 18.7 Å². The van der Waals surface area contributed by atoms with E-state index in [4.69, 9.17) is 4.74 Å². The third-order valence-corrected chi connectivity index (χ3v) is 3.74. The maximum Gasteiger partial charge on any atom is 0.251 e. The van der Waals surface area contributed by atoms with Crippen molar-refractivity contribution in [3.63, 3.8) is 0 Å². The van der Waals surface area contributed by atoms with E-state index >= 15 is 0 Å². The first-order valence-corrected chi connectivity index (χ1v) is 7.82. The van der Waals surface area contributed by atoms with Gasteiger partial charge in [0.05, 0.1) is 13.7 Å². The predicted octanol–water partition coefficient (Wildman–Crippen LogP) is 2.53. The first kappa shape index (κ1) is 18.4. The monoisotopic (exact) mass is 344 g/mol. The molecule has 0 saturated carbocycles. The predicted molar refractivity (Wildman–Crippen MR) is 92.9 cm³/mol. The van der Waals surface area contributed by atoms with Gasteiger partial charge in [-0.15, -0.1) is 0 Å². The maximum absolute atomic E-state index is 13.7. The van der Waals surface area contributed by atoms with Crippen molar-refractivity contribution in [2.75, 3.05) is 20.7 Å². The number of hydrogen-bond donors (Lipinski definition) is 1. The Morgan fingerprint density at radius 3 is 2.60 bits per heavy atom. The van der Waals surface area contributed by atoms with Crippen molar-refractivity contribution in [2.45, 2.75) is 13.5 Å². The standard InChI is InChI=1S/C19H21FN2O3/c1-13-5-4-6-15(9-13)19(24)21-11-18(23)22(2)12-14-7-8-17(25-3)16(20)10-14/h4-10H,11-12H2,1-3H3,(H,21,24). The second-order valence-corrected chi connectivity index (χ2v) is 5.77. The zero-order valence-corrected chi connectivity index (χ0v) is 14.5. The average molecular weight is 344 g/mol. The lowest BCUT2D eigenvalue weighted by atomic mass is 10.1. The topological polar surface area (TPSA) is 58.6 Å². The fourth-order valence-corrected chi connectivity index (χ4v) is 2.35. The number of nitrogens with one attached hydrogen (secondary N) is 1. The molecule has 0 atom stereocenters. The molecule has 6 heteroatoms. The number of benzene rings is 2. The number of nitrogens with zero attached hydrogens (tertiary/aromatic N) is 1. The summed E-state index contributed by atoms with van der Waals surface area (Å²) in [4.78, 5) is 25.6. The molecule has 5 nitrogen and oxygen atoms in total. The van der Waals surface area contributed by atoms with E-state index in [1.54, 1.807) is 31.3 Å². The van der Waals surface area contributed by atoms with Crippen LogP contribution in [0.5, 0.6) is 5.75 Å². The summed E-state index contributed by atoms with van der Waals surface area (Å²) in [6.07, 6.45) is 0. The third-order valence-electron chi connectivity index (χ3n) is 3.74. The molecule has 0 aliphatic carbocycles. The van der Waals surface area contributed by atoms with Crippen molar-refractivity contribution in [1.82, 2.24) is 10.2 Å². The highest BCUT2D eigenvalue weighted by molar-refractivity contribution is 5.96. The molecule has 0 saturated heterocycles. The Morgan fingerprint density at radius 1 is 1.20 bits per heavy atom. The Bertz CT molecular complexity index is 777. The zero-order chi connectivity index (χ0) is 18.4. The lowest BCUT2D eigenvalue weighted by molar-refractivity contribution is -0.129. The first-order chi connectivity index (χ1) is 11.9. The van der Waals surface area contributed by atoms with Gasteiger partial charge in [0.15, 0.2) is 11.6 Å². The highest BCUT2D eigenvalue weighted by Gasteiger charge is 2.13. The van der Waals surface area contributed by atoms with Gasteiger partial charge in [-0.2, -0.15) is 0 Å². The summed E-state index contributed by atoms with van der Waals surface area (Å²) in [5, 5.41) is 2.60. The first-order valence-electron chi connectivity index (χ1n) is 7.82. The van der Waals surface area contributed by atoms with Gasteiger partial charge in [-0.3, -0.25) is 9.59 Å². The number of ether oxygens (including phenoxy) is 1. The maximum atomic E-state index is 13.7. The highest BCUT2D eigenvalue weighted by atomic mass is 19.1. The van der Waals surface area contributed by atoms with Gasteiger partial charge in [0.1, 0.15) is 0 Å². The van der Waals surface area contributed by atoms with Gasteiger partial charge in [-0.1, -0.05) is 23.8 Å². The van der Waals surface area contributed by atoms with Gasteiger partial charge in [-0.05, 0) is 36.8 Å². The van der Waals surface area contributed by atoms with Crippen LogP contribution in [0.25, 0.3) is 0 Å². The van der Waals surface area contributed by atoms with E-state index in [0.29, 0.717) is 11.1 Å². The van der Waals surface area contributed by atoms with E-state index in [2.05, 4.69) is 5.32 Å². The fraction of sp³-hybridized carbons (Fsp3) is 0.263. The van der Waals surface area contributed by atoms with Crippen LogP contribution >= 0.6 is 0 Å². The van der Waals surface area contributed by atoms with E-state index in [1.807, 2.05) is 13.0 Å². The number of aryl methyl sites for hydroxylation is 1. The molecular weight excluding hydrogens is 323 g/mol. The highest BCUT2D eigenvalue weighted by Crippen LogP contribution is 2.18. The molecule has 25 heavy (non-hydrogen) atoms. The second-order valence-electron chi connectivity index (χ2n) is 5.77. The number of likely N-dealkylation sites (N-methyl/N-ethyl adjacent to an activating group) is 1. The fourth-order valence-electron chi connectivity index (χ4n) is 2.35. The van der Waals surface area contributed by atoms with Gasteiger partial charge < -0.3 is 15.0 Å². The van der Waals surface area contributed by atoms with E-state index in [1.165, 1.54) is 24.1 Å². The minimum Gasteiger partial charge on any atom is -0.494 e. The molecule has 0 fully saturated rings. The second kappa shape index (κ2) is 8.28. The van der Waals surface area contributed by atoms with Crippen LogP contribution in [-0.2, 0) is 11.3 Å². The van der Waals surface area contributed by atoms with E-state index in [-0.39, 0.29) is 30.7 Å². The van der Waals surface area contributed by atoms with Crippen molar-refractivity contribution >= 4 is 11.8 Å². The molecule has 0 bridgehead atoms. The number of hydrogen-bond acceptors (Lipinski definition) is 3. The third kappa shape index (κ3) is 5.04. The summed E-state index contributed by atoms with van der Waals surface area (Å²) in [5.74, 6) is -0.894. The Labute approximate surface area is 146 Å². The summed E-state index contributed by atoms with van der Waals surface area (Å²) < 4.78 is 18.6. The molecule has 0 unspecified atom stereocenters. The summed E-state index contributed by atoms with van der Waals surface area (Å²) >= 11 is 0. The summed E-state index contributed by atoms with van der Waals surface area (Å²) in [6.45, 7) is 2.01. The average Bonchev–Trinajstić information content (AvgIpc) is 2.59. The van der Waals surface area contributed by atoms with Gasteiger partial charge >= 0.3 is 0 Å². The molecule has 2 amide bonds. The quantitative estimate of drug-likeness (QED) is 0.876. The molecular formula is C19H21FN2O3. The largest absolute Gasteiger partial charge is 0.494 e. The van der Waals surface area contributed by atoms with Gasteiger partial charge in [-0.25, -0.2) is 4.39 Å². The molecule has 2 aromatic carbocycles. The molecule has 0 heterocycles. The summed E-state index contributed by atoms with van der Waals surface area (Å²) in [7, 11) is 2.99. The van der Waals surface area contributed by atoms with Crippen LogP contribution in [-0.4, -0.2) is 37.4 Å². The van der Waals surface area contributed by atoms with Crippen molar-refractivity contribution in [2.24, 2.45) is 0 Å². The Balaban J connectivity index is 1.90. The number of methoxy groups -OCH3 is 1. The Hall–Kier alpha value is -2.89. The molecule has 2 aromatic rings. The lowest BCUT2D eigenvalue weighted by Crippen LogP contribution is -2.37. The van der Waals surface area contributed by atoms with Crippen molar-refractivity contribution in [3.05, 3.63) is 65.0 Å². The SMILES string of the molecule is COc1ccc(CN(C)C(=O)CNC(=O)c2cccc(C)c2)cc1F. The van der Waals surface area contributed by atoms with Crippen LogP contribution in [0.2, 0.25) is 0 Å². The van der Waals surface area contributed by atoms with Crippen LogP contribution in [0.1, 0.15) is 21.5 Å². The molecule has 132 valence electrons. The number of carbonyl (C=O) groups excluding carboxylic acids is 2.